The van der Waals surface area contributed by atoms with Gasteiger partial charge >= 0.3 is 0 Å². The van der Waals surface area contributed by atoms with Gasteiger partial charge in [-0.05, 0) is 30.5 Å². The standard InChI is InChI=1S/C18H18ClNO5/c1-24-16-11-25-15(10-14(16)21)17(22)20-8-6-18(23,7-9-20)12-2-4-13(19)5-3-12/h2-5,10-11,23H,6-9H2,1H3. The van der Waals surface area contributed by atoms with Crippen molar-refractivity contribution in [1.29, 1.82) is 0 Å². The molecule has 7 heteroatoms. The largest absolute Gasteiger partial charge is 0.490 e. The molecule has 3 rings (SSSR count). The number of carbonyl (C=O) groups excluding carboxylic acids is 1. The number of hydrogen-bond acceptors (Lipinski definition) is 5. The first kappa shape index (κ1) is 17.5. The molecule has 2 heterocycles. The molecule has 0 unspecified atom stereocenters. The number of hydrogen-bond donors (Lipinski definition) is 1. The Labute approximate surface area is 149 Å². The lowest BCUT2D eigenvalue weighted by Crippen LogP contribution is -2.45. The Bertz CT molecular complexity index is 822. The minimum absolute atomic E-state index is 0.0391. The van der Waals surface area contributed by atoms with Crippen LogP contribution in [0.3, 0.4) is 0 Å². The number of carbonyl (C=O) groups is 1. The first-order chi connectivity index (χ1) is 11.9. The van der Waals surface area contributed by atoms with Crippen LogP contribution in [0.15, 0.2) is 45.8 Å². The summed E-state index contributed by atoms with van der Waals surface area (Å²) in [4.78, 5) is 25.8. The molecule has 1 aromatic heterocycles. The van der Waals surface area contributed by atoms with E-state index in [1.54, 1.807) is 29.2 Å². The molecule has 0 atom stereocenters. The summed E-state index contributed by atoms with van der Waals surface area (Å²) in [7, 11) is 1.36. The number of piperidine rings is 1. The second-order valence-electron chi connectivity index (χ2n) is 6.01. The van der Waals surface area contributed by atoms with Crippen LogP contribution in [0, 0.1) is 0 Å². The molecular weight excluding hydrogens is 346 g/mol. The summed E-state index contributed by atoms with van der Waals surface area (Å²) in [5.74, 6) is -0.368. The fourth-order valence-corrected chi connectivity index (χ4v) is 3.07. The van der Waals surface area contributed by atoms with E-state index in [1.807, 2.05) is 0 Å². The first-order valence-corrected chi connectivity index (χ1v) is 8.25. The number of aliphatic hydroxyl groups is 1. The van der Waals surface area contributed by atoms with E-state index in [4.69, 9.17) is 20.8 Å². The fourth-order valence-electron chi connectivity index (χ4n) is 2.94. The lowest BCUT2D eigenvalue weighted by Gasteiger charge is -2.38. The van der Waals surface area contributed by atoms with Gasteiger partial charge in [0.25, 0.3) is 5.91 Å². The molecule has 0 radical (unpaired) electrons. The molecular formula is C18H18ClNO5. The highest BCUT2D eigenvalue weighted by molar-refractivity contribution is 6.30. The van der Waals surface area contributed by atoms with E-state index in [1.165, 1.54) is 7.11 Å². The van der Waals surface area contributed by atoms with Crippen molar-refractivity contribution in [2.75, 3.05) is 20.2 Å². The van der Waals surface area contributed by atoms with Crippen molar-refractivity contribution in [1.82, 2.24) is 4.90 Å². The Hall–Kier alpha value is -2.31. The summed E-state index contributed by atoms with van der Waals surface area (Å²) in [6.45, 7) is 0.710. The Morgan fingerprint density at radius 3 is 2.48 bits per heavy atom. The third-order valence-electron chi connectivity index (χ3n) is 4.49. The van der Waals surface area contributed by atoms with Gasteiger partial charge in [-0.25, -0.2) is 0 Å². The highest BCUT2D eigenvalue weighted by Crippen LogP contribution is 2.33. The maximum atomic E-state index is 12.5. The molecule has 132 valence electrons. The predicted molar refractivity (Wildman–Crippen MR) is 92.0 cm³/mol. The van der Waals surface area contributed by atoms with Gasteiger partial charge in [-0.1, -0.05) is 23.7 Å². The van der Waals surface area contributed by atoms with E-state index in [9.17, 15) is 14.7 Å². The van der Waals surface area contributed by atoms with Crippen LogP contribution in [0.25, 0.3) is 0 Å². The van der Waals surface area contributed by atoms with Crippen LogP contribution in [0.1, 0.15) is 29.0 Å². The Balaban J connectivity index is 1.71. The smallest absolute Gasteiger partial charge is 0.289 e. The zero-order valence-corrected chi connectivity index (χ0v) is 14.5. The van der Waals surface area contributed by atoms with Crippen molar-refractivity contribution in [2.24, 2.45) is 0 Å². The molecule has 1 aromatic carbocycles. The van der Waals surface area contributed by atoms with E-state index in [-0.39, 0.29) is 17.4 Å². The van der Waals surface area contributed by atoms with Crippen molar-refractivity contribution in [2.45, 2.75) is 18.4 Å². The first-order valence-electron chi connectivity index (χ1n) is 7.87. The quantitative estimate of drug-likeness (QED) is 0.905. The van der Waals surface area contributed by atoms with Crippen LogP contribution in [0.2, 0.25) is 5.02 Å². The molecule has 1 saturated heterocycles. The van der Waals surface area contributed by atoms with Gasteiger partial charge in [-0.3, -0.25) is 9.59 Å². The average Bonchev–Trinajstić information content (AvgIpc) is 2.62. The topological polar surface area (TPSA) is 80.0 Å². The summed E-state index contributed by atoms with van der Waals surface area (Å²) in [5, 5.41) is 11.5. The van der Waals surface area contributed by atoms with E-state index < -0.39 is 11.0 Å². The van der Waals surface area contributed by atoms with Crippen molar-refractivity contribution in [3.63, 3.8) is 0 Å². The fraction of sp³-hybridized carbons (Fsp3) is 0.333. The van der Waals surface area contributed by atoms with Crippen LogP contribution in [0.4, 0.5) is 0 Å². The molecule has 0 aliphatic carbocycles. The summed E-state index contributed by atoms with van der Waals surface area (Å²) in [6, 6.07) is 8.18. The average molecular weight is 364 g/mol. The van der Waals surface area contributed by atoms with E-state index >= 15 is 0 Å². The molecule has 1 aliphatic heterocycles. The lowest BCUT2D eigenvalue weighted by atomic mass is 9.84. The Kier molecular flexibility index (Phi) is 4.83. The number of likely N-dealkylation sites (tertiary alicyclic amines) is 1. The van der Waals surface area contributed by atoms with Crippen molar-refractivity contribution in [3.8, 4) is 5.75 Å². The molecule has 1 fully saturated rings. The van der Waals surface area contributed by atoms with E-state index in [0.29, 0.717) is 31.0 Å². The third kappa shape index (κ3) is 3.55. The van der Waals surface area contributed by atoms with Crippen LogP contribution < -0.4 is 10.2 Å². The molecule has 1 aliphatic rings. The van der Waals surface area contributed by atoms with Crippen LogP contribution in [-0.2, 0) is 5.60 Å². The Morgan fingerprint density at radius 2 is 1.92 bits per heavy atom. The normalized spacial score (nSPS) is 16.5. The second kappa shape index (κ2) is 6.90. The van der Waals surface area contributed by atoms with E-state index in [2.05, 4.69) is 0 Å². The molecule has 6 nitrogen and oxygen atoms in total. The van der Waals surface area contributed by atoms with Gasteiger partial charge in [0.05, 0.1) is 12.7 Å². The molecule has 0 bridgehead atoms. The summed E-state index contributed by atoms with van der Waals surface area (Å²) >= 11 is 5.88. The number of rotatable bonds is 3. The van der Waals surface area contributed by atoms with Gasteiger partial charge < -0.3 is 19.2 Å². The highest BCUT2D eigenvalue weighted by atomic mass is 35.5. The highest BCUT2D eigenvalue weighted by Gasteiger charge is 2.36. The van der Waals surface area contributed by atoms with Gasteiger partial charge in [0.2, 0.25) is 11.2 Å². The third-order valence-corrected chi connectivity index (χ3v) is 4.74. The van der Waals surface area contributed by atoms with Crippen LogP contribution in [0.5, 0.6) is 5.75 Å². The van der Waals surface area contributed by atoms with Crippen LogP contribution >= 0.6 is 11.6 Å². The summed E-state index contributed by atoms with van der Waals surface area (Å²) in [5.41, 5.74) is -0.631. The number of nitrogens with zero attached hydrogens (tertiary/aromatic N) is 1. The van der Waals surface area contributed by atoms with Gasteiger partial charge in [0.15, 0.2) is 5.76 Å². The van der Waals surface area contributed by atoms with Crippen LogP contribution in [-0.4, -0.2) is 36.1 Å². The maximum Gasteiger partial charge on any atom is 0.289 e. The maximum absolute atomic E-state index is 12.5. The number of ether oxygens (including phenoxy) is 1. The molecule has 25 heavy (non-hydrogen) atoms. The Morgan fingerprint density at radius 1 is 1.28 bits per heavy atom. The number of methoxy groups -OCH3 is 1. The molecule has 1 N–H and O–H groups in total. The predicted octanol–water partition coefficient (Wildman–Crippen LogP) is 2.43. The zero-order valence-electron chi connectivity index (χ0n) is 13.7. The number of halogens is 1. The van der Waals surface area contributed by atoms with E-state index in [0.717, 1.165) is 17.9 Å². The van der Waals surface area contributed by atoms with Crippen molar-refractivity contribution >= 4 is 17.5 Å². The van der Waals surface area contributed by atoms with Crippen molar-refractivity contribution < 1.29 is 19.1 Å². The number of benzene rings is 1. The minimum Gasteiger partial charge on any atom is -0.490 e. The van der Waals surface area contributed by atoms with Gasteiger partial charge in [0.1, 0.15) is 6.26 Å². The monoisotopic (exact) mass is 363 g/mol. The SMILES string of the molecule is COc1coc(C(=O)N2CCC(O)(c3ccc(Cl)cc3)CC2)cc1=O. The summed E-state index contributed by atoms with van der Waals surface area (Å²) < 4.78 is 10.0. The summed E-state index contributed by atoms with van der Waals surface area (Å²) in [6.07, 6.45) is 1.91. The molecule has 0 saturated carbocycles. The molecule has 2 aromatic rings. The molecule has 1 amide bonds. The molecule has 0 spiro atoms. The lowest BCUT2D eigenvalue weighted by molar-refractivity contribution is -0.0218. The zero-order chi connectivity index (χ0) is 18.0. The van der Waals surface area contributed by atoms with Crippen molar-refractivity contribution in [3.05, 3.63) is 63.2 Å². The number of amides is 1. The second-order valence-corrected chi connectivity index (χ2v) is 6.44. The van der Waals surface area contributed by atoms with Gasteiger partial charge in [-0.15, -0.1) is 0 Å². The minimum atomic E-state index is -0.998. The van der Waals surface area contributed by atoms with Gasteiger partial charge in [0, 0.05) is 24.2 Å². The van der Waals surface area contributed by atoms with Gasteiger partial charge in [-0.2, -0.15) is 0 Å².